The lowest BCUT2D eigenvalue weighted by Gasteiger charge is -2.18. The van der Waals surface area contributed by atoms with E-state index in [1.807, 2.05) is 16.9 Å². The van der Waals surface area contributed by atoms with E-state index in [4.69, 9.17) is 0 Å². The fraction of sp³-hybridized carbons (Fsp3) is 0.533. The Balaban J connectivity index is 2.07. The normalized spacial score (nSPS) is 12.1. The Morgan fingerprint density at radius 2 is 2.05 bits per heavy atom. The summed E-state index contributed by atoms with van der Waals surface area (Å²) in [4.78, 5) is 8.75. The van der Waals surface area contributed by atoms with Crippen LogP contribution in [0.3, 0.4) is 0 Å². The lowest BCUT2D eigenvalue weighted by Crippen LogP contribution is -2.24. The van der Waals surface area contributed by atoms with E-state index in [0.29, 0.717) is 0 Å². The highest BCUT2D eigenvalue weighted by molar-refractivity contribution is 5.57. The molecule has 1 atom stereocenters. The predicted molar refractivity (Wildman–Crippen MR) is 85.5 cm³/mol. The molecular weight excluding hydrogens is 264 g/mol. The van der Waals surface area contributed by atoms with Crippen molar-refractivity contribution in [3.8, 4) is 0 Å². The van der Waals surface area contributed by atoms with Gasteiger partial charge in [-0.25, -0.2) is 9.97 Å². The van der Waals surface area contributed by atoms with Gasteiger partial charge >= 0.3 is 0 Å². The molecule has 0 amide bonds. The van der Waals surface area contributed by atoms with Crippen molar-refractivity contribution in [2.24, 2.45) is 0 Å². The third kappa shape index (κ3) is 4.18. The quantitative estimate of drug-likeness (QED) is 0.781. The van der Waals surface area contributed by atoms with Crippen molar-refractivity contribution in [3.63, 3.8) is 0 Å². The second kappa shape index (κ2) is 7.61. The monoisotopic (exact) mass is 288 g/mol. The van der Waals surface area contributed by atoms with Crippen molar-refractivity contribution in [2.45, 2.75) is 46.2 Å². The minimum atomic E-state index is 0.240. The van der Waals surface area contributed by atoms with Gasteiger partial charge in [-0.2, -0.15) is 5.10 Å². The molecule has 2 aromatic heterocycles. The van der Waals surface area contributed by atoms with Crippen LogP contribution in [0.15, 0.2) is 24.8 Å². The number of nitrogens with one attached hydrogen (secondary N) is 2. The summed E-state index contributed by atoms with van der Waals surface area (Å²) >= 11 is 0. The van der Waals surface area contributed by atoms with E-state index >= 15 is 0 Å². The van der Waals surface area contributed by atoms with Crippen molar-refractivity contribution in [2.75, 3.05) is 17.2 Å². The summed E-state index contributed by atoms with van der Waals surface area (Å²) in [5.74, 6) is 1.84. The van der Waals surface area contributed by atoms with E-state index in [2.05, 4.69) is 46.5 Å². The molecule has 2 N–H and O–H groups in total. The smallest absolute Gasteiger partial charge is 0.134 e. The van der Waals surface area contributed by atoms with Gasteiger partial charge in [0.15, 0.2) is 0 Å². The molecule has 0 aliphatic carbocycles. The van der Waals surface area contributed by atoms with Crippen LogP contribution in [0.4, 0.5) is 11.6 Å². The van der Waals surface area contributed by atoms with E-state index in [-0.39, 0.29) is 6.04 Å². The molecule has 0 aromatic carbocycles. The molecule has 0 saturated heterocycles. The molecule has 0 bridgehead atoms. The van der Waals surface area contributed by atoms with Crippen molar-refractivity contribution in [1.29, 1.82) is 0 Å². The van der Waals surface area contributed by atoms with Crippen LogP contribution in [0.2, 0.25) is 0 Å². The highest BCUT2D eigenvalue weighted by atomic mass is 15.3. The number of nitrogens with zero attached hydrogens (tertiary/aromatic N) is 4. The standard InChI is InChI=1S/C15H24N6/c1-4-7-16-14-13(5-2)15(18-11-17-14)20-12(3)10-21-9-6-8-19-21/h6,8-9,11-12H,4-5,7,10H2,1-3H3,(H2,16,17,18,20). The Labute approximate surface area is 126 Å². The van der Waals surface area contributed by atoms with Gasteiger partial charge in [0, 0.05) is 30.5 Å². The number of hydrogen-bond acceptors (Lipinski definition) is 5. The van der Waals surface area contributed by atoms with Gasteiger partial charge < -0.3 is 10.6 Å². The maximum atomic E-state index is 4.40. The molecule has 2 heterocycles. The highest BCUT2D eigenvalue weighted by Gasteiger charge is 2.12. The fourth-order valence-electron chi connectivity index (χ4n) is 2.24. The summed E-state index contributed by atoms with van der Waals surface area (Å²) in [7, 11) is 0. The van der Waals surface area contributed by atoms with Gasteiger partial charge in [-0.1, -0.05) is 13.8 Å². The Morgan fingerprint density at radius 3 is 2.71 bits per heavy atom. The summed E-state index contributed by atoms with van der Waals surface area (Å²) in [6, 6.07) is 2.17. The van der Waals surface area contributed by atoms with Crippen LogP contribution in [0.5, 0.6) is 0 Å². The maximum absolute atomic E-state index is 4.40. The fourth-order valence-corrected chi connectivity index (χ4v) is 2.24. The molecule has 6 nitrogen and oxygen atoms in total. The van der Waals surface area contributed by atoms with Crippen LogP contribution in [-0.4, -0.2) is 32.3 Å². The second-order valence-corrected chi connectivity index (χ2v) is 5.10. The average Bonchev–Trinajstić information content (AvgIpc) is 2.97. The molecule has 0 aliphatic heterocycles. The number of anilines is 2. The van der Waals surface area contributed by atoms with Gasteiger partial charge in [0.2, 0.25) is 0 Å². The van der Waals surface area contributed by atoms with Crippen LogP contribution in [-0.2, 0) is 13.0 Å². The Bertz CT molecular complexity index is 537. The molecule has 0 fully saturated rings. The topological polar surface area (TPSA) is 67.7 Å². The van der Waals surface area contributed by atoms with Gasteiger partial charge in [-0.05, 0) is 25.8 Å². The summed E-state index contributed by atoms with van der Waals surface area (Å²) in [6.45, 7) is 8.12. The third-order valence-electron chi connectivity index (χ3n) is 3.24. The zero-order valence-electron chi connectivity index (χ0n) is 13.0. The first-order valence-electron chi connectivity index (χ1n) is 7.56. The first-order chi connectivity index (χ1) is 10.2. The first-order valence-corrected chi connectivity index (χ1v) is 7.56. The van der Waals surface area contributed by atoms with Gasteiger partial charge in [0.1, 0.15) is 18.0 Å². The Hall–Kier alpha value is -2.11. The van der Waals surface area contributed by atoms with Crippen LogP contribution in [0.25, 0.3) is 0 Å². The molecular formula is C15H24N6. The van der Waals surface area contributed by atoms with E-state index < -0.39 is 0 Å². The van der Waals surface area contributed by atoms with Crippen LogP contribution < -0.4 is 10.6 Å². The van der Waals surface area contributed by atoms with Gasteiger partial charge in [-0.15, -0.1) is 0 Å². The van der Waals surface area contributed by atoms with E-state index in [1.165, 1.54) is 0 Å². The molecule has 0 saturated carbocycles. The summed E-state index contributed by atoms with van der Waals surface area (Å²) in [5.41, 5.74) is 1.14. The molecule has 1 unspecified atom stereocenters. The van der Waals surface area contributed by atoms with E-state index in [0.717, 1.165) is 43.1 Å². The molecule has 0 spiro atoms. The summed E-state index contributed by atoms with van der Waals surface area (Å²) < 4.78 is 1.92. The summed E-state index contributed by atoms with van der Waals surface area (Å²) in [6.07, 6.45) is 7.34. The lowest BCUT2D eigenvalue weighted by molar-refractivity contribution is 0.559. The minimum Gasteiger partial charge on any atom is -0.370 e. The molecule has 2 aromatic rings. The Kier molecular flexibility index (Phi) is 5.54. The second-order valence-electron chi connectivity index (χ2n) is 5.10. The largest absolute Gasteiger partial charge is 0.370 e. The van der Waals surface area contributed by atoms with E-state index in [9.17, 15) is 0 Å². The first kappa shape index (κ1) is 15.3. The zero-order chi connectivity index (χ0) is 15.1. The molecule has 6 heteroatoms. The molecule has 0 radical (unpaired) electrons. The number of hydrogen-bond donors (Lipinski definition) is 2. The maximum Gasteiger partial charge on any atom is 0.134 e. The Morgan fingerprint density at radius 1 is 1.24 bits per heavy atom. The van der Waals surface area contributed by atoms with Crippen LogP contribution in [0, 0.1) is 0 Å². The minimum absolute atomic E-state index is 0.240. The molecule has 114 valence electrons. The van der Waals surface area contributed by atoms with Crippen LogP contribution >= 0.6 is 0 Å². The van der Waals surface area contributed by atoms with Crippen molar-refractivity contribution < 1.29 is 0 Å². The average molecular weight is 288 g/mol. The van der Waals surface area contributed by atoms with Crippen molar-refractivity contribution in [3.05, 3.63) is 30.4 Å². The molecule has 21 heavy (non-hydrogen) atoms. The lowest BCUT2D eigenvalue weighted by atomic mass is 10.2. The number of rotatable bonds is 8. The number of aromatic nitrogens is 4. The third-order valence-corrected chi connectivity index (χ3v) is 3.24. The zero-order valence-corrected chi connectivity index (χ0v) is 13.0. The molecule has 2 rings (SSSR count). The van der Waals surface area contributed by atoms with E-state index in [1.54, 1.807) is 12.5 Å². The van der Waals surface area contributed by atoms with Crippen molar-refractivity contribution in [1.82, 2.24) is 19.7 Å². The SMILES string of the molecule is CCCNc1ncnc(NC(C)Cn2cccn2)c1CC. The van der Waals surface area contributed by atoms with Crippen molar-refractivity contribution >= 4 is 11.6 Å². The summed E-state index contributed by atoms with van der Waals surface area (Å²) in [5, 5.41) is 11.1. The van der Waals surface area contributed by atoms with Gasteiger partial charge in [0.25, 0.3) is 0 Å². The molecule has 0 aliphatic rings. The highest BCUT2D eigenvalue weighted by Crippen LogP contribution is 2.21. The van der Waals surface area contributed by atoms with Gasteiger partial charge in [-0.3, -0.25) is 4.68 Å². The van der Waals surface area contributed by atoms with Gasteiger partial charge in [0.05, 0.1) is 6.54 Å². The van der Waals surface area contributed by atoms with Crippen LogP contribution in [0.1, 0.15) is 32.8 Å². The predicted octanol–water partition coefficient (Wildman–Crippen LogP) is 2.56.